The van der Waals surface area contributed by atoms with Crippen LogP contribution in [0.25, 0.3) is 0 Å². The Morgan fingerprint density at radius 2 is 2.15 bits per heavy atom. The number of ether oxygens (including phenoxy) is 1. The van der Waals surface area contributed by atoms with Gasteiger partial charge in [-0.05, 0) is 43.1 Å². The van der Waals surface area contributed by atoms with Gasteiger partial charge in [-0.2, -0.15) is 0 Å². The lowest BCUT2D eigenvalue weighted by Crippen LogP contribution is -2.04. The monoisotopic (exact) mass is 243 g/mol. The Bertz CT molecular complexity index is 299. The van der Waals surface area contributed by atoms with Crippen LogP contribution in [0.3, 0.4) is 0 Å². The first kappa shape index (κ1) is 10.5. The molecule has 72 valence electrons. The van der Waals surface area contributed by atoms with Crippen LogP contribution in [-0.4, -0.2) is 13.7 Å². The first-order valence-electron chi connectivity index (χ1n) is 4.22. The number of methoxy groups -OCH3 is 1. The van der Waals surface area contributed by atoms with E-state index in [0.717, 1.165) is 16.6 Å². The van der Waals surface area contributed by atoms with Crippen molar-refractivity contribution in [1.29, 1.82) is 0 Å². The molecule has 3 heteroatoms. The molecule has 2 N–H and O–H groups in total. The van der Waals surface area contributed by atoms with Crippen molar-refractivity contribution in [3.63, 3.8) is 0 Å². The molecule has 1 aromatic rings. The number of benzene rings is 1. The molecular formula is C10H14BrNO. The van der Waals surface area contributed by atoms with Crippen molar-refractivity contribution in [2.75, 3.05) is 13.7 Å². The van der Waals surface area contributed by atoms with Crippen LogP contribution in [0.1, 0.15) is 11.1 Å². The van der Waals surface area contributed by atoms with Crippen molar-refractivity contribution < 1.29 is 4.74 Å². The number of hydrogen-bond acceptors (Lipinski definition) is 2. The van der Waals surface area contributed by atoms with Gasteiger partial charge in [0.05, 0.1) is 7.11 Å². The van der Waals surface area contributed by atoms with Gasteiger partial charge in [0.1, 0.15) is 5.75 Å². The van der Waals surface area contributed by atoms with E-state index in [1.165, 1.54) is 11.1 Å². The molecule has 0 aliphatic rings. The average molecular weight is 244 g/mol. The van der Waals surface area contributed by atoms with E-state index in [0.29, 0.717) is 6.54 Å². The highest BCUT2D eigenvalue weighted by atomic mass is 79.9. The maximum atomic E-state index is 5.51. The topological polar surface area (TPSA) is 35.2 Å². The molecule has 0 aromatic heterocycles. The van der Waals surface area contributed by atoms with Crippen LogP contribution in [0.15, 0.2) is 16.6 Å². The maximum absolute atomic E-state index is 5.51. The predicted octanol–water partition coefficient (Wildman–Crippen LogP) is 2.27. The molecule has 0 heterocycles. The summed E-state index contributed by atoms with van der Waals surface area (Å²) >= 11 is 3.53. The first-order chi connectivity index (χ1) is 6.19. The lowest BCUT2D eigenvalue weighted by atomic mass is 10.1. The summed E-state index contributed by atoms with van der Waals surface area (Å²) < 4.78 is 6.31. The van der Waals surface area contributed by atoms with Crippen LogP contribution in [-0.2, 0) is 6.42 Å². The van der Waals surface area contributed by atoms with Gasteiger partial charge in [-0.3, -0.25) is 0 Å². The van der Waals surface area contributed by atoms with Gasteiger partial charge in [0.25, 0.3) is 0 Å². The number of rotatable bonds is 3. The zero-order valence-corrected chi connectivity index (χ0v) is 9.52. The van der Waals surface area contributed by atoms with Crippen LogP contribution in [0.5, 0.6) is 5.75 Å². The van der Waals surface area contributed by atoms with E-state index < -0.39 is 0 Å². The molecule has 0 unspecified atom stereocenters. The number of halogens is 1. The standard InChI is InChI=1S/C10H14BrNO/c1-7-5-9(13-2)6-8(3-4-12)10(7)11/h5-6H,3-4,12H2,1-2H3. The fourth-order valence-corrected chi connectivity index (χ4v) is 1.69. The maximum Gasteiger partial charge on any atom is 0.119 e. The minimum absolute atomic E-state index is 0.658. The predicted molar refractivity (Wildman–Crippen MR) is 58.2 cm³/mol. The first-order valence-corrected chi connectivity index (χ1v) is 5.01. The van der Waals surface area contributed by atoms with E-state index in [2.05, 4.69) is 15.9 Å². The third-order valence-corrected chi connectivity index (χ3v) is 3.09. The highest BCUT2D eigenvalue weighted by Crippen LogP contribution is 2.26. The molecule has 0 radical (unpaired) electrons. The van der Waals surface area contributed by atoms with Crippen LogP contribution in [0, 0.1) is 6.92 Å². The van der Waals surface area contributed by atoms with Gasteiger partial charge >= 0.3 is 0 Å². The molecular weight excluding hydrogens is 230 g/mol. The zero-order valence-electron chi connectivity index (χ0n) is 7.93. The fraction of sp³-hybridized carbons (Fsp3) is 0.400. The number of nitrogens with two attached hydrogens (primary N) is 1. The van der Waals surface area contributed by atoms with E-state index in [1.807, 2.05) is 19.1 Å². The van der Waals surface area contributed by atoms with Gasteiger partial charge in [0.2, 0.25) is 0 Å². The second-order valence-electron chi connectivity index (χ2n) is 2.96. The minimum atomic E-state index is 0.658. The smallest absolute Gasteiger partial charge is 0.119 e. The Morgan fingerprint density at radius 3 is 2.69 bits per heavy atom. The van der Waals surface area contributed by atoms with Crippen molar-refractivity contribution in [3.05, 3.63) is 27.7 Å². The van der Waals surface area contributed by atoms with Crippen molar-refractivity contribution in [1.82, 2.24) is 0 Å². The van der Waals surface area contributed by atoms with Crippen LogP contribution in [0.2, 0.25) is 0 Å². The van der Waals surface area contributed by atoms with Crippen molar-refractivity contribution in [2.45, 2.75) is 13.3 Å². The molecule has 2 nitrogen and oxygen atoms in total. The van der Waals surface area contributed by atoms with Crippen molar-refractivity contribution >= 4 is 15.9 Å². The fourth-order valence-electron chi connectivity index (χ4n) is 1.26. The highest BCUT2D eigenvalue weighted by Gasteiger charge is 2.04. The zero-order chi connectivity index (χ0) is 9.84. The molecule has 13 heavy (non-hydrogen) atoms. The average Bonchev–Trinajstić information content (AvgIpc) is 2.13. The molecule has 1 aromatic carbocycles. The molecule has 0 aliphatic carbocycles. The van der Waals surface area contributed by atoms with Crippen LogP contribution >= 0.6 is 15.9 Å². The Balaban J connectivity index is 3.09. The van der Waals surface area contributed by atoms with Gasteiger partial charge in [0, 0.05) is 4.47 Å². The van der Waals surface area contributed by atoms with Gasteiger partial charge in [-0.25, -0.2) is 0 Å². The minimum Gasteiger partial charge on any atom is -0.497 e. The molecule has 0 saturated heterocycles. The number of aryl methyl sites for hydroxylation is 1. The van der Waals surface area contributed by atoms with Gasteiger partial charge in [-0.1, -0.05) is 15.9 Å². The Hall–Kier alpha value is -0.540. The highest BCUT2D eigenvalue weighted by molar-refractivity contribution is 9.10. The van der Waals surface area contributed by atoms with E-state index in [1.54, 1.807) is 7.11 Å². The van der Waals surface area contributed by atoms with E-state index >= 15 is 0 Å². The van der Waals surface area contributed by atoms with E-state index in [9.17, 15) is 0 Å². The van der Waals surface area contributed by atoms with Crippen molar-refractivity contribution in [3.8, 4) is 5.75 Å². The molecule has 0 fully saturated rings. The third-order valence-electron chi connectivity index (χ3n) is 1.95. The summed E-state index contributed by atoms with van der Waals surface area (Å²) in [6.45, 7) is 2.71. The quantitative estimate of drug-likeness (QED) is 0.885. The molecule has 0 amide bonds. The molecule has 1 rings (SSSR count). The lowest BCUT2D eigenvalue weighted by Gasteiger charge is -2.09. The van der Waals surface area contributed by atoms with Crippen LogP contribution in [0.4, 0.5) is 0 Å². The third kappa shape index (κ3) is 2.45. The second kappa shape index (κ2) is 4.63. The van der Waals surface area contributed by atoms with E-state index in [-0.39, 0.29) is 0 Å². The van der Waals surface area contributed by atoms with Crippen LogP contribution < -0.4 is 10.5 Å². The summed E-state index contributed by atoms with van der Waals surface area (Å²) in [7, 11) is 1.68. The Labute approximate surface area is 87.2 Å². The Kier molecular flexibility index (Phi) is 3.75. The summed E-state index contributed by atoms with van der Waals surface area (Å²) in [5.41, 5.74) is 7.90. The molecule has 0 bridgehead atoms. The van der Waals surface area contributed by atoms with Gasteiger partial charge in [-0.15, -0.1) is 0 Å². The second-order valence-corrected chi connectivity index (χ2v) is 3.75. The van der Waals surface area contributed by atoms with E-state index in [4.69, 9.17) is 10.5 Å². The molecule has 0 atom stereocenters. The number of hydrogen-bond donors (Lipinski definition) is 1. The SMILES string of the molecule is COc1cc(C)c(Br)c(CCN)c1. The summed E-state index contributed by atoms with van der Waals surface area (Å²) in [6.07, 6.45) is 0.874. The Morgan fingerprint density at radius 1 is 1.46 bits per heavy atom. The lowest BCUT2D eigenvalue weighted by molar-refractivity contribution is 0.414. The van der Waals surface area contributed by atoms with Gasteiger partial charge < -0.3 is 10.5 Å². The van der Waals surface area contributed by atoms with Gasteiger partial charge in [0.15, 0.2) is 0 Å². The normalized spacial score (nSPS) is 10.2. The molecule has 0 spiro atoms. The summed E-state index contributed by atoms with van der Waals surface area (Å²) in [6, 6.07) is 4.02. The molecule has 0 saturated carbocycles. The molecule has 0 aliphatic heterocycles. The summed E-state index contributed by atoms with van der Waals surface area (Å²) in [4.78, 5) is 0. The largest absolute Gasteiger partial charge is 0.497 e. The summed E-state index contributed by atoms with van der Waals surface area (Å²) in [5.74, 6) is 0.893. The summed E-state index contributed by atoms with van der Waals surface area (Å²) in [5, 5.41) is 0. The van der Waals surface area contributed by atoms with Crippen molar-refractivity contribution in [2.24, 2.45) is 5.73 Å².